The molecule has 1 saturated heterocycles. The molecule has 1 aliphatic rings. The van der Waals surface area contributed by atoms with Crippen molar-refractivity contribution in [2.45, 2.75) is 13.0 Å². The van der Waals surface area contributed by atoms with E-state index in [1.54, 1.807) is 11.3 Å². The van der Waals surface area contributed by atoms with Crippen molar-refractivity contribution < 1.29 is 4.79 Å². The van der Waals surface area contributed by atoms with E-state index in [0.717, 1.165) is 36.9 Å². The molecule has 0 unspecified atom stereocenters. The van der Waals surface area contributed by atoms with Gasteiger partial charge in [-0.1, -0.05) is 23.7 Å². The van der Waals surface area contributed by atoms with Crippen molar-refractivity contribution in [1.82, 2.24) is 10.2 Å². The van der Waals surface area contributed by atoms with E-state index >= 15 is 0 Å². The Morgan fingerprint density at radius 3 is 2.71 bits per heavy atom. The highest BCUT2D eigenvalue weighted by Crippen LogP contribution is 2.21. The summed E-state index contributed by atoms with van der Waals surface area (Å²) in [4.78, 5) is 17.9. The quantitative estimate of drug-likeness (QED) is 0.884. The predicted molar refractivity (Wildman–Crippen MR) is 101 cm³/mol. The van der Waals surface area contributed by atoms with Crippen LogP contribution in [0.4, 0.5) is 5.69 Å². The lowest BCUT2D eigenvalue weighted by Gasteiger charge is -2.35. The summed E-state index contributed by atoms with van der Waals surface area (Å²) in [7, 11) is 0. The van der Waals surface area contributed by atoms with Gasteiger partial charge in [-0.3, -0.25) is 9.69 Å². The molecule has 6 heteroatoms. The monoisotopic (exact) mass is 363 g/mol. The Morgan fingerprint density at radius 1 is 1.25 bits per heavy atom. The maximum Gasteiger partial charge on any atom is 0.234 e. The number of carbonyl (C=O) groups excluding carboxylic acids is 1. The molecule has 0 saturated carbocycles. The lowest BCUT2D eigenvalue weighted by atomic mass is 10.2. The Labute approximate surface area is 152 Å². The van der Waals surface area contributed by atoms with E-state index in [4.69, 9.17) is 11.6 Å². The SMILES string of the molecule is C[C@@H](NC(=O)CN1CCN(c2cccc(Cl)c2)CC1)c1cccs1. The lowest BCUT2D eigenvalue weighted by molar-refractivity contribution is -0.122. The van der Waals surface area contributed by atoms with Gasteiger partial charge in [-0.25, -0.2) is 0 Å². The Morgan fingerprint density at radius 2 is 2.04 bits per heavy atom. The second-order valence-electron chi connectivity index (χ2n) is 6.05. The lowest BCUT2D eigenvalue weighted by Crippen LogP contribution is -2.49. The largest absolute Gasteiger partial charge is 0.369 e. The zero-order chi connectivity index (χ0) is 16.9. The maximum atomic E-state index is 12.2. The second-order valence-corrected chi connectivity index (χ2v) is 7.46. The third kappa shape index (κ3) is 4.50. The third-order valence-corrected chi connectivity index (χ3v) is 5.55. The normalized spacial score (nSPS) is 16.8. The molecule has 1 amide bonds. The van der Waals surface area contributed by atoms with E-state index in [1.807, 2.05) is 36.6 Å². The van der Waals surface area contributed by atoms with Crippen molar-refractivity contribution in [3.8, 4) is 0 Å². The van der Waals surface area contributed by atoms with Gasteiger partial charge in [-0.2, -0.15) is 0 Å². The number of piperazine rings is 1. The average Bonchev–Trinajstić information content (AvgIpc) is 3.10. The van der Waals surface area contributed by atoms with Crippen LogP contribution in [-0.4, -0.2) is 43.5 Å². The molecule has 0 aliphatic carbocycles. The fraction of sp³-hybridized carbons (Fsp3) is 0.389. The highest BCUT2D eigenvalue weighted by molar-refractivity contribution is 7.10. The Hall–Kier alpha value is -1.56. The van der Waals surface area contributed by atoms with Crippen molar-refractivity contribution in [2.24, 2.45) is 0 Å². The number of hydrogen-bond acceptors (Lipinski definition) is 4. The third-order valence-electron chi connectivity index (χ3n) is 4.26. The van der Waals surface area contributed by atoms with E-state index in [-0.39, 0.29) is 11.9 Å². The molecule has 1 aromatic heterocycles. The first-order valence-electron chi connectivity index (χ1n) is 8.17. The van der Waals surface area contributed by atoms with Crippen LogP contribution in [0.1, 0.15) is 17.8 Å². The summed E-state index contributed by atoms with van der Waals surface area (Å²) in [6.07, 6.45) is 0. The molecule has 2 aromatic rings. The van der Waals surface area contributed by atoms with Gasteiger partial charge in [-0.05, 0) is 36.6 Å². The molecule has 1 aliphatic heterocycles. The standard InChI is InChI=1S/C18H22ClN3OS/c1-14(17-6-3-11-24-17)20-18(23)13-21-7-9-22(10-8-21)16-5-2-4-15(19)12-16/h2-6,11-12,14H,7-10,13H2,1H3,(H,20,23)/t14-/m1/s1. The number of nitrogens with one attached hydrogen (secondary N) is 1. The van der Waals surface area contributed by atoms with Crippen LogP contribution < -0.4 is 10.2 Å². The van der Waals surface area contributed by atoms with Crippen LogP contribution in [0.2, 0.25) is 5.02 Å². The van der Waals surface area contributed by atoms with Crippen LogP contribution in [-0.2, 0) is 4.79 Å². The predicted octanol–water partition coefficient (Wildman–Crippen LogP) is 3.40. The number of anilines is 1. The maximum absolute atomic E-state index is 12.2. The number of carbonyl (C=O) groups is 1. The zero-order valence-corrected chi connectivity index (χ0v) is 15.3. The first kappa shape index (κ1) is 17.3. The molecule has 1 atom stereocenters. The number of thiophene rings is 1. The molecule has 0 spiro atoms. The summed E-state index contributed by atoms with van der Waals surface area (Å²) < 4.78 is 0. The van der Waals surface area contributed by atoms with Gasteiger partial charge in [0.15, 0.2) is 0 Å². The highest BCUT2D eigenvalue weighted by atomic mass is 35.5. The number of halogens is 1. The number of rotatable bonds is 5. The van der Waals surface area contributed by atoms with Gasteiger partial charge < -0.3 is 10.2 Å². The Kier molecular flexibility index (Phi) is 5.76. The van der Waals surface area contributed by atoms with Crippen LogP contribution in [0, 0.1) is 0 Å². The minimum absolute atomic E-state index is 0.0743. The molecule has 1 fully saturated rings. The summed E-state index contributed by atoms with van der Waals surface area (Å²) >= 11 is 7.74. The molecule has 3 rings (SSSR count). The summed E-state index contributed by atoms with van der Waals surface area (Å²) in [5.74, 6) is 0.0899. The van der Waals surface area contributed by atoms with Gasteiger partial charge in [0.25, 0.3) is 0 Å². The molecule has 0 radical (unpaired) electrons. The van der Waals surface area contributed by atoms with Crippen LogP contribution in [0.15, 0.2) is 41.8 Å². The van der Waals surface area contributed by atoms with Gasteiger partial charge in [0.05, 0.1) is 12.6 Å². The van der Waals surface area contributed by atoms with Gasteiger partial charge in [0, 0.05) is 41.8 Å². The summed E-state index contributed by atoms with van der Waals surface area (Å²) in [6.45, 7) is 6.07. The topological polar surface area (TPSA) is 35.6 Å². The van der Waals surface area contributed by atoms with Crippen molar-refractivity contribution in [2.75, 3.05) is 37.6 Å². The molecule has 0 bridgehead atoms. The smallest absolute Gasteiger partial charge is 0.234 e. The van der Waals surface area contributed by atoms with E-state index in [2.05, 4.69) is 27.2 Å². The van der Waals surface area contributed by atoms with Crippen LogP contribution in [0.3, 0.4) is 0 Å². The fourth-order valence-electron chi connectivity index (χ4n) is 2.94. The van der Waals surface area contributed by atoms with Crippen LogP contribution in [0.5, 0.6) is 0 Å². The van der Waals surface area contributed by atoms with Crippen LogP contribution >= 0.6 is 22.9 Å². The summed E-state index contributed by atoms with van der Waals surface area (Å²) in [5.41, 5.74) is 1.15. The molecular weight excluding hydrogens is 342 g/mol. The van der Waals surface area contributed by atoms with E-state index in [9.17, 15) is 4.79 Å². The van der Waals surface area contributed by atoms with E-state index in [1.165, 1.54) is 4.88 Å². The number of benzene rings is 1. The molecule has 24 heavy (non-hydrogen) atoms. The number of amides is 1. The summed E-state index contributed by atoms with van der Waals surface area (Å²) in [5, 5.41) is 5.87. The Balaban J connectivity index is 1.46. The molecule has 128 valence electrons. The number of nitrogens with zero attached hydrogens (tertiary/aromatic N) is 2. The zero-order valence-electron chi connectivity index (χ0n) is 13.7. The Bertz CT molecular complexity index is 669. The van der Waals surface area contributed by atoms with Gasteiger partial charge in [0.2, 0.25) is 5.91 Å². The molecule has 1 aromatic carbocycles. The van der Waals surface area contributed by atoms with Gasteiger partial charge in [0.1, 0.15) is 0 Å². The second kappa shape index (κ2) is 8.01. The highest BCUT2D eigenvalue weighted by Gasteiger charge is 2.20. The van der Waals surface area contributed by atoms with Crippen LogP contribution in [0.25, 0.3) is 0 Å². The van der Waals surface area contributed by atoms with E-state index < -0.39 is 0 Å². The first-order valence-corrected chi connectivity index (χ1v) is 9.43. The number of hydrogen-bond donors (Lipinski definition) is 1. The average molecular weight is 364 g/mol. The molecule has 2 heterocycles. The fourth-order valence-corrected chi connectivity index (χ4v) is 3.85. The van der Waals surface area contributed by atoms with Crippen molar-refractivity contribution in [1.29, 1.82) is 0 Å². The molecule has 4 nitrogen and oxygen atoms in total. The summed E-state index contributed by atoms with van der Waals surface area (Å²) in [6, 6.07) is 12.1. The van der Waals surface area contributed by atoms with Crippen molar-refractivity contribution in [3.05, 3.63) is 51.7 Å². The van der Waals surface area contributed by atoms with Crippen molar-refractivity contribution in [3.63, 3.8) is 0 Å². The van der Waals surface area contributed by atoms with Gasteiger partial charge in [-0.15, -0.1) is 11.3 Å². The van der Waals surface area contributed by atoms with Crippen molar-refractivity contribution >= 4 is 34.5 Å². The van der Waals surface area contributed by atoms with E-state index in [0.29, 0.717) is 6.54 Å². The molecule has 1 N–H and O–H groups in total. The minimum atomic E-state index is 0.0743. The first-order chi connectivity index (χ1) is 11.6. The minimum Gasteiger partial charge on any atom is -0.369 e. The van der Waals surface area contributed by atoms with Gasteiger partial charge >= 0.3 is 0 Å². The molecular formula is C18H22ClN3OS.